The maximum Gasteiger partial charge on any atom is 0.258 e. The molecule has 1 aromatic carbocycles. The van der Waals surface area contributed by atoms with Gasteiger partial charge < -0.3 is 5.32 Å². The fourth-order valence-electron chi connectivity index (χ4n) is 3.87. The highest BCUT2D eigenvalue weighted by molar-refractivity contribution is 7.71. The van der Waals surface area contributed by atoms with E-state index in [-0.39, 0.29) is 5.56 Å². The Labute approximate surface area is 146 Å². The van der Waals surface area contributed by atoms with E-state index in [1.54, 1.807) is 0 Å². The van der Waals surface area contributed by atoms with Gasteiger partial charge in [0.1, 0.15) is 5.82 Å². The summed E-state index contributed by atoms with van der Waals surface area (Å²) in [6.07, 6.45) is 6.38. The molecule has 0 amide bonds. The van der Waals surface area contributed by atoms with Gasteiger partial charge in [0.05, 0.1) is 12.2 Å². The molecule has 24 heavy (non-hydrogen) atoms. The normalized spacial score (nSPS) is 18.8. The third-order valence-corrected chi connectivity index (χ3v) is 5.41. The molecule has 2 heterocycles. The molecular weight excluding hydrogens is 320 g/mol. The second-order valence-electron chi connectivity index (χ2n) is 6.63. The minimum atomic E-state index is -0.0739. The van der Waals surface area contributed by atoms with Crippen LogP contribution in [-0.4, -0.2) is 27.2 Å². The van der Waals surface area contributed by atoms with Crippen LogP contribution in [0, 0.1) is 4.77 Å². The average Bonchev–Trinajstić information content (AvgIpc) is 2.63. The summed E-state index contributed by atoms with van der Waals surface area (Å²) in [6.45, 7) is 1.45. The molecule has 0 bridgehead atoms. The van der Waals surface area contributed by atoms with Crippen molar-refractivity contribution in [1.82, 2.24) is 14.5 Å². The molecule has 4 rings (SSSR count). The van der Waals surface area contributed by atoms with E-state index in [2.05, 4.69) is 15.2 Å². The lowest BCUT2D eigenvalue weighted by Gasteiger charge is -2.38. The van der Waals surface area contributed by atoms with Crippen molar-refractivity contribution >= 4 is 18.0 Å². The SMILES string of the molecule is O=c1[nH]c(=S)n(-c2ccccc2)c2c1CN(C1CCCCC1)CN2. The van der Waals surface area contributed by atoms with Crippen LogP contribution >= 0.6 is 12.2 Å². The van der Waals surface area contributed by atoms with Crippen LogP contribution in [0.25, 0.3) is 5.69 Å². The van der Waals surface area contributed by atoms with E-state index >= 15 is 0 Å². The quantitative estimate of drug-likeness (QED) is 0.821. The van der Waals surface area contributed by atoms with Crippen LogP contribution in [0.1, 0.15) is 37.7 Å². The third kappa shape index (κ3) is 2.80. The van der Waals surface area contributed by atoms with E-state index in [1.165, 1.54) is 32.1 Å². The smallest absolute Gasteiger partial charge is 0.258 e. The van der Waals surface area contributed by atoms with Crippen LogP contribution in [-0.2, 0) is 6.54 Å². The Morgan fingerprint density at radius 1 is 1.08 bits per heavy atom. The minimum absolute atomic E-state index is 0.0739. The van der Waals surface area contributed by atoms with Crippen molar-refractivity contribution in [2.45, 2.75) is 44.7 Å². The molecule has 5 nitrogen and oxygen atoms in total. The molecule has 1 aliphatic carbocycles. The number of aromatic nitrogens is 2. The number of aromatic amines is 1. The van der Waals surface area contributed by atoms with Gasteiger partial charge in [0.15, 0.2) is 4.77 Å². The number of nitrogens with zero attached hydrogens (tertiary/aromatic N) is 2. The molecule has 0 spiro atoms. The maximum absolute atomic E-state index is 12.5. The van der Waals surface area contributed by atoms with Crippen molar-refractivity contribution < 1.29 is 0 Å². The van der Waals surface area contributed by atoms with Gasteiger partial charge in [0.25, 0.3) is 5.56 Å². The number of rotatable bonds is 2. The van der Waals surface area contributed by atoms with Gasteiger partial charge in [-0.1, -0.05) is 37.5 Å². The number of nitrogens with one attached hydrogen (secondary N) is 2. The predicted octanol–water partition coefficient (Wildman–Crippen LogP) is 3.41. The number of para-hydroxylation sites is 1. The number of benzene rings is 1. The zero-order valence-corrected chi connectivity index (χ0v) is 14.4. The van der Waals surface area contributed by atoms with Crippen LogP contribution in [0.4, 0.5) is 5.82 Å². The van der Waals surface area contributed by atoms with Gasteiger partial charge >= 0.3 is 0 Å². The highest BCUT2D eigenvalue weighted by Gasteiger charge is 2.28. The zero-order chi connectivity index (χ0) is 16.5. The molecule has 2 N–H and O–H groups in total. The van der Waals surface area contributed by atoms with E-state index in [0.29, 0.717) is 17.4 Å². The van der Waals surface area contributed by atoms with E-state index in [1.807, 2.05) is 34.9 Å². The van der Waals surface area contributed by atoms with Crippen molar-refractivity contribution in [3.63, 3.8) is 0 Å². The largest absolute Gasteiger partial charge is 0.358 e. The molecule has 0 radical (unpaired) electrons. The standard InChI is InChI=1S/C18H22N4OS/c23-17-15-11-21(13-7-3-1-4-8-13)12-19-16(15)22(18(24)20-17)14-9-5-2-6-10-14/h2,5-6,9-10,13,19H,1,3-4,7-8,11-12H2,(H,20,23,24). The molecule has 1 aromatic heterocycles. The lowest BCUT2D eigenvalue weighted by Crippen LogP contribution is -2.45. The summed E-state index contributed by atoms with van der Waals surface area (Å²) in [4.78, 5) is 17.7. The Bertz CT molecular complexity index is 836. The Kier molecular flexibility index (Phi) is 4.24. The van der Waals surface area contributed by atoms with Gasteiger partial charge in [-0.25, -0.2) is 0 Å². The van der Waals surface area contributed by atoms with Gasteiger partial charge in [-0.05, 0) is 37.2 Å². The number of hydrogen-bond donors (Lipinski definition) is 2. The molecule has 1 saturated carbocycles. The Morgan fingerprint density at radius 3 is 2.58 bits per heavy atom. The molecule has 0 saturated heterocycles. The first-order chi connectivity index (χ1) is 11.7. The molecule has 0 unspecified atom stereocenters. The van der Waals surface area contributed by atoms with Crippen LogP contribution in [0.3, 0.4) is 0 Å². The summed E-state index contributed by atoms with van der Waals surface area (Å²) in [6, 6.07) is 10.5. The first-order valence-electron chi connectivity index (χ1n) is 8.65. The van der Waals surface area contributed by atoms with Crippen molar-refractivity contribution in [2.75, 3.05) is 12.0 Å². The Balaban J connectivity index is 1.74. The highest BCUT2D eigenvalue weighted by atomic mass is 32.1. The summed E-state index contributed by atoms with van der Waals surface area (Å²) in [5, 5.41) is 3.46. The molecule has 2 aliphatic rings. The molecule has 126 valence electrons. The van der Waals surface area contributed by atoms with Gasteiger partial charge in [-0.3, -0.25) is 19.2 Å². The Morgan fingerprint density at radius 2 is 1.83 bits per heavy atom. The van der Waals surface area contributed by atoms with Crippen molar-refractivity contribution in [1.29, 1.82) is 0 Å². The van der Waals surface area contributed by atoms with E-state index in [9.17, 15) is 4.79 Å². The summed E-state index contributed by atoms with van der Waals surface area (Å²) < 4.78 is 2.37. The minimum Gasteiger partial charge on any atom is -0.358 e. The lowest BCUT2D eigenvalue weighted by molar-refractivity contribution is 0.152. The molecule has 0 atom stereocenters. The average molecular weight is 342 g/mol. The van der Waals surface area contributed by atoms with Crippen molar-refractivity contribution in [3.05, 3.63) is 51.0 Å². The van der Waals surface area contributed by atoms with E-state index in [4.69, 9.17) is 12.2 Å². The van der Waals surface area contributed by atoms with Gasteiger partial charge in [-0.15, -0.1) is 0 Å². The summed E-state index contributed by atoms with van der Waals surface area (Å²) >= 11 is 5.42. The highest BCUT2D eigenvalue weighted by Crippen LogP contribution is 2.28. The van der Waals surface area contributed by atoms with Crippen molar-refractivity contribution in [3.8, 4) is 5.69 Å². The summed E-state index contributed by atoms with van der Waals surface area (Å²) in [5.74, 6) is 0.835. The number of fused-ring (bicyclic) bond motifs is 1. The fourth-order valence-corrected chi connectivity index (χ4v) is 4.16. The summed E-state index contributed by atoms with van der Waals surface area (Å²) in [5.41, 5.74) is 1.67. The molecule has 1 fully saturated rings. The van der Waals surface area contributed by atoms with Gasteiger partial charge in [0, 0.05) is 18.3 Å². The first-order valence-corrected chi connectivity index (χ1v) is 9.06. The Hall–Kier alpha value is -1.92. The van der Waals surface area contributed by atoms with Gasteiger partial charge in [0.2, 0.25) is 0 Å². The predicted molar refractivity (Wildman–Crippen MR) is 98.1 cm³/mol. The van der Waals surface area contributed by atoms with Crippen LogP contribution < -0.4 is 10.9 Å². The maximum atomic E-state index is 12.5. The fraction of sp³-hybridized carbons (Fsp3) is 0.444. The van der Waals surface area contributed by atoms with E-state index < -0.39 is 0 Å². The zero-order valence-electron chi connectivity index (χ0n) is 13.6. The topological polar surface area (TPSA) is 53.1 Å². The van der Waals surface area contributed by atoms with Crippen molar-refractivity contribution in [2.24, 2.45) is 0 Å². The van der Waals surface area contributed by atoms with Crippen LogP contribution in [0.2, 0.25) is 0 Å². The van der Waals surface area contributed by atoms with Crippen LogP contribution in [0.15, 0.2) is 35.1 Å². The lowest BCUT2D eigenvalue weighted by atomic mass is 9.94. The van der Waals surface area contributed by atoms with Crippen LogP contribution in [0.5, 0.6) is 0 Å². The summed E-state index contributed by atoms with van der Waals surface area (Å²) in [7, 11) is 0. The number of anilines is 1. The first kappa shape index (κ1) is 15.6. The second-order valence-corrected chi connectivity index (χ2v) is 7.02. The molecule has 6 heteroatoms. The number of H-pyrrole nitrogens is 1. The monoisotopic (exact) mass is 342 g/mol. The molecule has 2 aromatic rings. The van der Waals surface area contributed by atoms with E-state index in [0.717, 1.165) is 23.7 Å². The molecular formula is C18H22N4OS. The molecule has 1 aliphatic heterocycles. The second kappa shape index (κ2) is 6.53. The third-order valence-electron chi connectivity index (χ3n) is 5.12. The van der Waals surface area contributed by atoms with Gasteiger partial charge in [-0.2, -0.15) is 0 Å². The number of hydrogen-bond acceptors (Lipinski definition) is 4.